The van der Waals surface area contributed by atoms with Crippen LogP contribution < -0.4 is 16.0 Å². The van der Waals surface area contributed by atoms with Gasteiger partial charge in [0, 0.05) is 30.2 Å². The van der Waals surface area contributed by atoms with Crippen molar-refractivity contribution in [2.24, 2.45) is 5.73 Å². The summed E-state index contributed by atoms with van der Waals surface area (Å²) in [5, 5.41) is 13.5. The van der Waals surface area contributed by atoms with Gasteiger partial charge in [0.05, 0.1) is 17.1 Å². The first-order chi connectivity index (χ1) is 16.1. The minimum atomic E-state index is 0.148. The number of rotatable bonds is 4. The predicted molar refractivity (Wildman–Crippen MR) is 134 cm³/mol. The maximum absolute atomic E-state index is 9.09. The fourth-order valence-electron chi connectivity index (χ4n) is 4.29. The average Bonchev–Trinajstić information content (AvgIpc) is 2.84. The van der Waals surface area contributed by atoms with E-state index in [2.05, 4.69) is 53.5 Å². The number of benzene rings is 3. The minimum absolute atomic E-state index is 0.148. The Morgan fingerprint density at radius 1 is 1.00 bits per heavy atom. The Morgan fingerprint density at radius 3 is 2.48 bits per heavy atom. The van der Waals surface area contributed by atoms with Gasteiger partial charge in [0.15, 0.2) is 0 Å². The molecule has 1 fully saturated rings. The molecule has 3 N–H and O–H groups in total. The summed E-state index contributed by atoms with van der Waals surface area (Å²) >= 11 is 0. The van der Waals surface area contributed by atoms with Crippen LogP contribution >= 0.6 is 0 Å². The lowest BCUT2D eigenvalue weighted by molar-refractivity contribution is 0.504. The molecule has 1 saturated heterocycles. The van der Waals surface area contributed by atoms with Crippen LogP contribution in [0.25, 0.3) is 22.0 Å². The van der Waals surface area contributed by atoms with Gasteiger partial charge in [-0.15, -0.1) is 0 Å². The van der Waals surface area contributed by atoms with Gasteiger partial charge in [-0.2, -0.15) is 10.2 Å². The van der Waals surface area contributed by atoms with E-state index in [1.54, 1.807) is 0 Å². The molecule has 33 heavy (non-hydrogen) atoms. The summed E-state index contributed by atoms with van der Waals surface area (Å²) in [4.78, 5) is 12.0. The number of piperidine rings is 1. The monoisotopic (exact) mass is 434 g/mol. The summed E-state index contributed by atoms with van der Waals surface area (Å²) in [5.41, 5.74) is 12.0. The van der Waals surface area contributed by atoms with Crippen molar-refractivity contribution >= 4 is 28.4 Å². The Labute approximate surface area is 193 Å². The smallest absolute Gasteiger partial charge is 0.229 e. The number of nitriles is 1. The number of nitrogens with two attached hydrogens (primary N) is 1. The van der Waals surface area contributed by atoms with Crippen LogP contribution in [0.2, 0.25) is 0 Å². The molecule has 5 rings (SSSR count). The summed E-state index contributed by atoms with van der Waals surface area (Å²) in [7, 11) is 0. The molecule has 0 bridgehead atoms. The number of hydrogen-bond donors (Lipinski definition) is 2. The van der Waals surface area contributed by atoms with Crippen LogP contribution in [0.4, 0.5) is 17.5 Å². The van der Waals surface area contributed by atoms with E-state index in [0.717, 1.165) is 59.5 Å². The Kier molecular flexibility index (Phi) is 5.64. The standard InChI is InChI=1S/C27H26N6/c1-18-4-11-23(12-5-18)30-27-31-25-15-21(20-8-6-19(16-28)7-9-20)10-13-24(25)26(32-27)33-14-2-3-22(29)17-33/h4-13,15,22H,2-3,14,17,29H2,1H3,(H,30,31,32)/t22-/m1/s1. The SMILES string of the molecule is Cc1ccc(Nc2nc(N3CCC[C@@H](N)C3)c3ccc(-c4ccc(C#N)cc4)cc3n2)cc1. The maximum atomic E-state index is 9.09. The molecular weight excluding hydrogens is 408 g/mol. The van der Waals surface area contributed by atoms with Crippen molar-refractivity contribution in [1.82, 2.24) is 9.97 Å². The van der Waals surface area contributed by atoms with Crippen LogP contribution in [0.3, 0.4) is 0 Å². The van der Waals surface area contributed by atoms with Crippen molar-refractivity contribution < 1.29 is 0 Å². The number of aryl methyl sites for hydroxylation is 1. The Morgan fingerprint density at radius 2 is 1.76 bits per heavy atom. The topological polar surface area (TPSA) is 90.9 Å². The van der Waals surface area contributed by atoms with E-state index in [9.17, 15) is 0 Å². The molecule has 2 heterocycles. The highest BCUT2D eigenvalue weighted by molar-refractivity contribution is 5.93. The fraction of sp³-hybridized carbons (Fsp3) is 0.222. The van der Waals surface area contributed by atoms with Crippen LogP contribution in [-0.2, 0) is 0 Å². The molecule has 3 aromatic carbocycles. The lowest BCUT2D eigenvalue weighted by Crippen LogP contribution is -2.43. The predicted octanol–water partition coefficient (Wildman–Crippen LogP) is 5.15. The highest BCUT2D eigenvalue weighted by Gasteiger charge is 2.21. The fourth-order valence-corrected chi connectivity index (χ4v) is 4.29. The molecule has 4 aromatic rings. The van der Waals surface area contributed by atoms with E-state index in [1.807, 2.05) is 36.4 Å². The normalized spacial score (nSPS) is 15.9. The van der Waals surface area contributed by atoms with E-state index < -0.39 is 0 Å². The highest BCUT2D eigenvalue weighted by atomic mass is 15.2. The lowest BCUT2D eigenvalue weighted by Gasteiger charge is -2.32. The summed E-state index contributed by atoms with van der Waals surface area (Å²) < 4.78 is 0. The second-order valence-corrected chi connectivity index (χ2v) is 8.63. The number of nitrogens with zero attached hydrogens (tertiary/aromatic N) is 4. The molecule has 164 valence electrons. The molecule has 1 aliphatic heterocycles. The van der Waals surface area contributed by atoms with Crippen LogP contribution in [0.1, 0.15) is 24.0 Å². The zero-order valence-electron chi connectivity index (χ0n) is 18.6. The summed E-state index contributed by atoms with van der Waals surface area (Å²) in [6, 6.07) is 24.4. The molecule has 0 spiro atoms. The van der Waals surface area contributed by atoms with E-state index in [0.29, 0.717) is 11.5 Å². The minimum Gasteiger partial charge on any atom is -0.354 e. The van der Waals surface area contributed by atoms with Gasteiger partial charge in [-0.1, -0.05) is 35.9 Å². The van der Waals surface area contributed by atoms with E-state index in [4.69, 9.17) is 21.0 Å². The number of aromatic nitrogens is 2. The number of hydrogen-bond acceptors (Lipinski definition) is 6. The van der Waals surface area contributed by atoms with Gasteiger partial charge >= 0.3 is 0 Å². The Balaban J connectivity index is 1.59. The first-order valence-corrected chi connectivity index (χ1v) is 11.3. The molecule has 0 amide bonds. The van der Waals surface area contributed by atoms with Crippen molar-refractivity contribution in [3.8, 4) is 17.2 Å². The zero-order valence-corrected chi connectivity index (χ0v) is 18.6. The molecular formula is C27H26N6. The third kappa shape index (κ3) is 4.50. The summed E-state index contributed by atoms with van der Waals surface area (Å²) in [5.74, 6) is 1.48. The van der Waals surface area contributed by atoms with Crippen molar-refractivity contribution in [2.45, 2.75) is 25.8 Å². The van der Waals surface area contributed by atoms with Crippen molar-refractivity contribution in [2.75, 3.05) is 23.3 Å². The average molecular weight is 435 g/mol. The molecule has 1 atom stereocenters. The van der Waals surface area contributed by atoms with Gasteiger partial charge in [-0.25, -0.2) is 4.98 Å². The van der Waals surface area contributed by atoms with Crippen LogP contribution in [0.5, 0.6) is 0 Å². The molecule has 0 radical (unpaired) electrons. The molecule has 1 aliphatic rings. The molecule has 0 aliphatic carbocycles. The van der Waals surface area contributed by atoms with Crippen molar-refractivity contribution in [3.63, 3.8) is 0 Å². The van der Waals surface area contributed by atoms with Gasteiger partial charge in [-0.3, -0.25) is 0 Å². The van der Waals surface area contributed by atoms with Crippen molar-refractivity contribution in [1.29, 1.82) is 5.26 Å². The molecule has 6 heteroatoms. The van der Waals surface area contributed by atoms with E-state index in [-0.39, 0.29) is 6.04 Å². The van der Waals surface area contributed by atoms with Gasteiger partial charge in [0.2, 0.25) is 5.95 Å². The first kappa shape index (κ1) is 20.9. The lowest BCUT2D eigenvalue weighted by atomic mass is 10.0. The quantitative estimate of drug-likeness (QED) is 0.462. The Hall–Kier alpha value is -3.95. The highest BCUT2D eigenvalue weighted by Crippen LogP contribution is 2.32. The third-order valence-electron chi connectivity index (χ3n) is 6.09. The number of fused-ring (bicyclic) bond motifs is 1. The summed E-state index contributed by atoms with van der Waals surface area (Å²) in [6.45, 7) is 3.79. The third-order valence-corrected chi connectivity index (χ3v) is 6.09. The first-order valence-electron chi connectivity index (χ1n) is 11.3. The Bertz CT molecular complexity index is 1320. The van der Waals surface area contributed by atoms with Crippen molar-refractivity contribution in [3.05, 3.63) is 77.9 Å². The second-order valence-electron chi connectivity index (χ2n) is 8.63. The molecule has 0 unspecified atom stereocenters. The summed E-state index contributed by atoms with van der Waals surface area (Å²) in [6.07, 6.45) is 2.09. The largest absolute Gasteiger partial charge is 0.354 e. The van der Waals surface area contributed by atoms with Crippen LogP contribution in [0, 0.1) is 18.3 Å². The molecule has 1 aromatic heterocycles. The van der Waals surface area contributed by atoms with E-state index >= 15 is 0 Å². The second kappa shape index (κ2) is 8.89. The number of nitrogens with one attached hydrogen (secondary N) is 1. The molecule has 0 saturated carbocycles. The van der Waals surface area contributed by atoms with Gasteiger partial charge < -0.3 is 16.0 Å². The number of anilines is 3. The van der Waals surface area contributed by atoms with E-state index in [1.165, 1.54) is 5.56 Å². The van der Waals surface area contributed by atoms with Gasteiger partial charge in [-0.05, 0) is 67.3 Å². The maximum Gasteiger partial charge on any atom is 0.229 e. The van der Waals surface area contributed by atoms with Gasteiger partial charge in [0.25, 0.3) is 0 Å². The molecule has 6 nitrogen and oxygen atoms in total. The van der Waals surface area contributed by atoms with Crippen LogP contribution in [-0.4, -0.2) is 29.1 Å². The van der Waals surface area contributed by atoms with Crippen LogP contribution in [0.15, 0.2) is 66.7 Å². The zero-order chi connectivity index (χ0) is 22.8. The van der Waals surface area contributed by atoms with Gasteiger partial charge in [0.1, 0.15) is 5.82 Å².